The van der Waals surface area contributed by atoms with Crippen molar-refractivity contribution in [3.8, 4) is 0 Å². The molecule has 0 unspecified atom stereocenters. The number of hydrogen-bond donors (Lipinski definition) is 1. The third-order valence-electron chi connectivity index (χ3n) is 4.39. The summed E-state index contributed by atoms with van der Waals surface area (Å²) in [6, 6.07) is 0.481. The molecule has 6 nitrogen and oxygen atoms in total. The first kappa shape index (κ1) is 12.6. The van der Waals surface area contributed by atoms with Gasteiger partial charge in [0, 0.05) is 25.8 Å². The van der Waals surface area contributed by atoms with Gasteiger partial charge in [0.2, 0.25) is 0 Å². The molecule has 2 saturated carbocycles. The predicted octanol–water partition coefficient (Wildman–Crippen LogP) is 2.05. The van der Waals surface area contributed by atoms with E-state index in [-0.39, 0.29) is 0 Å². The number of carboxylic acid groups (broad SMARTS) is 1. The quantitative estimate of drug-likeness (QED) is 0.910. The molecule has 0 bridgehead atoms. The van der Waals surface area contributed by atoms with Crippen LogP contribution in [0.15, 0.2) is 12.4 Å². The summed E-state index contributed by atoms with van der Waals surface area (Å²) in [5, 5.41) is 14.6. The highest BCUT2D eigenvalue weighted by Crippen LogP contribution is 2.41. The molecule has 0 radical (unpaired) electrons. The van der Waals surface area contributed by atoms with Crippen LogP contribution in [0.5, 0.6) is 0 Å². The van der Waals surface area contributed by atoms with Crippen LogP contribution in [0, 0.1) is 5.92 Å². The van der Waals surface area contributed by atoms with Gasteiger partial charge >= 0.3 is 5.97 Å². The fourth-order valence-corrected chi connectivity index (χ4v) is 2.94. The average Bonchev–Trinajstić information content (AvgIpc) is 3.35. The second-order valence-electron chi connectivity index (χ2n) is 6.16. The van der Waals surface area contributed by atoms with Crippen LogP contribution >= 0.6 is 0 Å². The molecule has 0 saturated heterocycles. The van der Waals surface area contributed by atoms with Gasteiger partial charge in [-0.05, 0) is 31.6 Å². The van der Waals surface area contributed by atoms with E-state index < -0.39 is 5.97 Å². The molecule has 2 aromatic rings. The maximum Gasteiger partial charge on any atom is 0.339 e. The van der Waals surface area contributed by atoms with E-state index in [0.29, 0.717) is 17.5 Å². The van der Waals surface area contributed by atoms with E-state index in [0.717, 1.165) is 36.1 Å². The number of anilines is 1. The molecule has 2 heterocycles. The Morgan fingerprint density at radius 1 is 1.38 bits per heavy atom. The lowest BCUT2D eigenvalue weighted by Gasteiger charge is -2.26. The summed E-state index contributed by atoms with van der Waals surface area (Å²) in [6.07, 6.45) is 8.03. The Labute approximate surface area is 122 Å². The van der Waals surface area contributed by atoms with Crippen LogP contribution in [0.1, 0.15) is 36.0 Å². The number of carbonyl (C=O) groups is 1. The first-order valence-electron chi connectivity index (χ1n) is 7.46. The van der Waals surface area contributed by atoms with Gasteiger partial charge in [-0.1, -0.05) is 0 Å². The number of carboxylic acids is 1. The van der Waals surface area contributed by atoms with Gasteiger partial charge in [-0.2, -0.15) is 5.10 Å². The zero-order valence-corrected chi connectivity index (χ0v) is 12.0. The largest absolute Gasteiger partial charge is 0.478 e. The second kappa shape index (κ2) is 4.44. The highest BCUT2D eigenvalue weighted by Gasteiger charge is 2.36. The molecular formula is C15H18N4O2. The maximum absolute atomic E-state index is 11.6. The first-order valence-corrected chi connectivity index (χ1v) is 7.46. The van der Waals surface area contributed by atoms with Crippen molar-refractivity contribution in [3.63, 3.8) is 0 Å². The van der Waals surface area contributed by atoms with Crippen molar-refractivity contribution in [1.29, 1.82) is 0 Å². The summed E-state index contributed by atoms with van der Waals surface area (Å²) in [7, 11) is 1.84. The van der Waals surface area contributed by atoms with Crippen molar-refractivity contribution in [2.75, 3.05) is 11.4 Å². The fraction of sp³-hybridized carbons (Fsp3) is 0.533. The number of aromatic carboxylic acids is 1. The van der Waals surface area contributed by atoms with Crippen LogP contribution in [0.3, 0.4) is 0 Å². The lowest BCUT2D eigenvalue weighted by atomic mass is 10.1. The van der Waals surface area contributed by atoms with E-state index in [1.54, 1.807) is 10.9 Å². The Balaban J connectivity index is 1.89. The molecule has 21 heavy (non-hydrogen) atoms. The number of pyridine rings is 1. The van der Waals surface area contributed by atoms with Crippen molar-refractivity contribution in [2.45, 2.75) is 31.7 Å². The molecule has 2 aromatic heterocycles. The van der Waals surface area contributed by atoms with E-state index in [2.05, 4.69) is 15.0 Å². The molecule has 4 rings (SSSR count). The summed E-state index contributed by atoms with van der Waals surface area (Å²) < 4.78 is 1.70. The van der Waals surface area contributed by atoms with E-state index in [1.807, 2.05) is 7.05 Å². The zero-order valence-electron chi connectivity index (χ0n) is 12.0. The minimum Gasteiger partial charge on any atom is -0.478 e. The molecule has 0 aliphatic heterocycles. The maximum atomic E-state index is 11.6. The zero-order chi connectivity index (χ0) is 14.6. The molecule has 2 aliphatic carbocycles. The van der Waals surface area contributed by atoms with Gasteiger partial charge in [0.25, 0.3) is 0 Å². The smallest absolute Gasteiger partial charge is 0.339 e. The lowest BCUT2D eigenvalue weighted by molar-refractivity contribution is 0.0697. The number of rotatable bonds is 5. The Kier molecular flexibility index (Phi) is 2.67. The number of hydrogen-bond acceptors (Lipinski definition) is 4. The SMILES string of the molecule is Cn1ncc2c(N(CC3CC3)C3CC3)c(C(=O)O)cnc21. The van der Waals surface area contributed by atoms with Crippen molar-refractivity contribution >= 4 is 22.7 Å². The summed E-state index contributed by atoms with van der Waals surface area (Å²) in [5.74, 6) is -0.197. The molecule has 0 atom stereocenters. The monoisotopic (exact) mass is 286 g/mol. The normalized spacial score (nSPS) is 18.1. The van der Waals surface area contributed by atoms with Crippen molar-refractivity contribution in [3.05, 3.63) is 18.0 Å². The molecule has 2 fully saturated rings. The molecule has 0 spiro atoms. The van der Waals surface area contributed by atoms with Gasteiger partial charge in [0.1, 0.15) is 5.56 Å². The minimum absolute atomic E-state index is 0.294. The molecule has 0 aromatic carbocycles. The number of aromatic nitrogens is 3. The standard InChI is InChI=1S/C15H18N4O2/c1-18-14-11(7-17-18)13(12(6-16-14)15(20)21)19(10-4-5-10)8-9-2-3-9/h6-7,9-10H,2-5,8H2,1H3,(H,20,21). The predicted molar refractivity (Wildman–Crippen MR) is 78.6 cm³/mol. The minimum atomic E-state index is -0.912. The van der Waals surface area contributed by atoms with Crippen LogP contribution in [0.4, 0.5) is 5.69 Å². The Hall–Kier alpha value is -2.11. The molecule has 1 N–H and O–H groups in total. The van der Waals surface area contributed by atoms with Gasteiger partial charge in [0.05, 0.1) is 17.3 Å². The van der Waals surface area contributed by atoms with Crippen LogP contribution in [-0.4, -0.2) is 38.4 Å². The summed E-state index contributed by atoms with van der Waals surface area (Å²) in [4.78, 5) is 18.2. The summed E-state index contributed by atoms with van der Waals surface area (Å²) in [5.41, 5.74) is 1.86. The Morgan fingerprint density at radius 3 is 2.76 bits per heavy atom. The number of aryl methyl sites for hydroxylation is 1. The first-order chi connectivity index (χ1) is 10.1. The number of nitrogens with zero attached hydrogens (tertiary/aromatic N) is 4. The second-order valence-corrected chi connectivity index (χ2v) is 6.16. The summed E-state index contributed by atoms with van der Waals surface area (Å²) >= 11 is 0. The van der Waals surface area contributed by atoms with Crippen molar-refractivity contribution in [1.82, 2.24) is 14.8 Å². The Morgan fingerprint density at radius 2 is 2.14 bits per heavy atom. The average molecular weight is 286 g/mol. The van der Waals surface area contributed by atoms with Crippen molar-refractivity contribution in [2.24, 2.45) is 13.0 Å². The van der Waals surface area contributed by atoms with E-state index in [9.17, 15) is 9.90 Å². The molecule has 110 valence electrons. The van der Waals surface area contributed by atoms with Crippen LogP contribution in [0.2, 0.25) is 0 Å². The van der Waals surface area contributed by atoms with E-state index in [1.165, 1.54) is 19.0 Å². The number of fused-ring (bicyclic) bond motifs is 1. The third kappa shape index (κ3) is 2.14. The van der Waals surface area contributed by atoms with Gasteiger partial charge in [-0.3, -0.25) is 4.68 Å². The van der Waals surface area contributed by atoms with E-state index >= 15 is 0 Å². The van der Waals surface area contributed by atoms with Crippen LogP contribution < -0.4 is 4.90 Å². The fourth-order valence-electron chi connectivity index (χ4n) is 2.94. The molecular weight excluding hydrogens is 268 g/mol. The summed E-state index contributed by atoms with van der Waals surface area (Å²) in [6.45, 7) is 0.957. The molecule has 6 heteroatoms. The van der Waals surface area contributed by atoms with Crippen LogP contribution in [0.25, 0.3) is 11.0 Å². The van der Waals surface area contributed by atoms with Gasteiger partial charge < -0.3 is 10.0 Å². The topological polar surface area (TPSA) is 71.2 Å². The third-order valence-corrected chi connectivity index (χ3v) is 4.39. The van der Waals surface area contributed by atoms with Gasteiger partial charge in [-0.15, -0.1) is 0 Å². The molecule has 2 aliphatic rings. The molecule has 0 amide bonds. The highest BCUT2D eigenvalue weighted by atomic mass is 16.4. The highest BCUT2D eigenvalue weighted by molar-refractivity contribution is 6.03. The lowest BCUT2D eigenvalue weighted by Crippen LogP contribution is -2.30. The van der Waals surface area contributed by atoms with Crippen LogP contribution in [-0.2, 0) is 7.05 Å². The van der Waals surface area contributed by atoms with Crippen molar-refractivity contribution < 1.29 is 9.90 Å². The Bertz CT molecular complexity index is 716. The van der Waals surface area contributed by atoms with Gasteiger partial charge in [0.15, 0.2) is 5.65 Å². The van der Waals surface area contributed by atoms with Gasteiger partial charge in [-0.25, -0.2) is 9.78 Å². The van der Waals surface area contributed by atoms with E-state index in [4.69, 9.17) is 0 Å².